The fourth-order valence-corrected chi connectivity index (χ4v) is 2.27. The highest BCUT2D eigenvalue weighted by molar-refractivity contribution is 6.00. The van der Waals surface area contributed by atoms with Crippen molar-refractivity contribution in [3.05, 3.63) is 29.3 Å². The zero-order valence-electron chi connectivity index (χ0n) is 10.8. The summed E-state index contributed by atoms with van der Waals surface area (Å²) < 4.78 is 5.24. The summed E-state index contributed by atoms with van der Waals surface area (Å²) in [6.45, 7) is 3.67. The first-order chi connectivity index (χ1) is 8.60. The molecule has 0 aliphatic carbocycles. The van der Waals surface area contributed by atoms with Gasteiger partial charge >= 0.3 is 0 Å². The van der Waals surface area contributed by atoms with Crippen LogP contribution >= 0.6 is 0 Å². The average Bonchev–Trinajstić information content (AvgIpc) is 2.74. The van der Waals surface area contributed by atoms with Crippen molar-refractivity contribution in [1.82, 2.24) is 4.90 Å². The van der Waals surface area contributed by atoms with Crippen LogP contribution in [0.4, 0.5) is 0 Å². The highest BCUT2D eigenvalue weighted by Gasteiger charge is 2.23. The van der Waals surface area contributed by atoms with E-state index in [9.17, 15) is 9.90 Å². The highest BCUT2D eigenvalue weighted by Crippen LogP contribution is 2.21. The van der Waals surface area contributed by atoms with Crippen molar-refractivity contribution in [3.8, 4) is 5.75 Å². The van der Waals surface area contributed by atoms with Gasteiger partial charge in [0.25, 0.3) is 0 Å². The Morgan fingerprint density at radius 1 is 1.56 bits per heavy atom. The summed E-state index contributed by atoms with van der Waals surface area (Å²) in [6, 6.07) is 5.59. The van der Waals surface area contributed by atoms with Gasteiger partial charge in [0.15, 0.2) is 5.78 Å². The van der Waals surface area contributed by atoms with Crippen molar-refractivity contribution in [2.45, 2.75) is 19.4 Å². The second-order valence-electron chi connectivity index (χ2n) is 4.80. The lowest BCUT2D eigenvalue weighted by atomic mass is 10.1. The van der Waals surface area contributed by atoms with E-state index in [-0.39, 0.29) is 11.9 Å². The van der Waals surface area contributed by atoms with Crippen LogP contribution in [-0.4, -0.2) is 48.6 Å². The third-order valence-corrected chi connectivity index (χ3v) is 3.27. The fraction of sp³-hybridized carbons (Fsp3) is 0.500. The minimum Gasteiger partial charge on any atom is -0.496 e. The second-order valence-corrected chi connectivity index (χ2v) is 4.80. The first kappa shape index (κ1) is 13.1. The van der Waals surface area contributed by atoms with Gasteiger partial charge in [-0.2, -0.15) is 0 Å². The van der Waals surface area contributed by atoms with Crippen molar-refractivity contribution < 1.29 is 14.6 Å². The number of rotatable bonds is 4. The van der Waals surface area contributed by atoms with E-state index in [0.717, 1.165) is 18.5 Å². The number of methoxy groups -OCH3 is 1. The lowest BCUT2D eigenvalue weighted by Crippen LogP contribution is -2.28. The Kier molecular flexibility index (Phi) is 3.99. The van der Waals surface area contributed by atoms with E-state index >= 15 is 0 Å². The number of carbonyl (C=O) groups excluding carboxylic acids is 1. The molecule has 18 heavy (non-hydrogen) atoms. The van der Waals surface area contributed by atoms with Crippen LogP contribution in [0.25, 0.3) is 0 Å². The summed E-state index contributed by atoms with van der Waals surface area (Å²) in [6.07, 6.45) is 0.455. The predicted molar refractivity (Wildman–Crippen MR) is 69.1 cm³/mol. The van der Waals surface area contributed by atoms with Gasteiger partial charge in [-0.3, -0.25) is 9.69 Å². The molecule has 1 saturated heterocycles. The number of hydrogen-bond donors (Lipinski definition) is 1. The molecule has 1 aliphatic heterocycles. The molecule has 4 heteroatoms. The van der Waals surface area contributed by atoms with Crippen molar-refractivity contribution in [3.63, 3.8) is 0 Å². The molecule has 1 heterocycles. The SMILES string of the molecule is COc1cc(C)ccc1C(=O)CN1CCC(O)C1. The molecule has 0 radical (unpaired) electrons. The first-order valence-electron chi connectivity index (χ1n) is 6.18. The summed E-state index contributed by atoms with van der Waals surface area (Å²) in [5.74, 6) is 0.667. The van der Waals surface area contributed by atoms with Crippen molar-refractivity contribution >= 4 is 5.78 Å². The van der Waals surface area contributed by atoms with Crippen LogP contribution in [0.3, 0.4) is 0 Å². The van der Waals surface area contributed by atoms with Gasteiger partial charge in [-0.05, 0) is 31.0 Å². The fourth-order valence-electron chi connectivity index (χ4n) is 2.27. The van der Waals surface area contributed by atoms with E-state index < -0.39 is 0 Å². The third kappa shape index (κ3) is 2.89. The molecular weight excluding hydrogens is 230 g/mol. The van der Waals surface area contributed by atoms with Gasteiger partial charge < -0.3 is 9.84 Å². The number of aryl methyl sites for hydroxylation is 1. The molecule has 4 nitrogen and oxygen atoms in total. The van der Waals surface area contributed by atoms with Crippen LogP contribution in [-0.2, 0) is 0 Å². The Labute approximate surface area is 107 Å². The molecule has 0 saturated carbocycles. The molecular formula is C14H19NO3. The maximum atomic E-state index is 12.2. The van der Waals surface area contributed by atoms with E-state index in [1.165, 1.54) is 0 Å². The number of hydrogen-bond acceptors (Lipinski definition) is 4. The van der Waals surface area contributed by atoms with E-state index in [1.807, 2.05) is 30.0 Å². The minimum absolute atomic E-state index is 0.0425. The number of likely N-dealkylation sites (tertiary alicyclic amines) is 1. The number of ketones is 1. The van der Waals surface area contributed by atoms with Crippen LogP contribution in [0, 0.1) is 6.92 Å². The Bertz CT molecular complexity index is 445. The maximum Gasteiger partial charge on any atom is 0.180 e. The first-order valence-corrected chi connectivity index (χ1v) is 6.18. The summed E-state index contributed by atoms with van der Waals surface area (Å²) >= 11 is 0. The van der Waals surface area contributed by atoms with Crippen molar-refractivity contribution in [2.75, 3.05) is 26.7 Å². The quantitative estimate of drug-likeness (QED) is 0.816. The number of aliphatic hydroxyl groups is 1. The highest BCUT2D eigenvalue weighted by atomic mass is 16.5. The molecule has 2 rings (SSSR count). The Morgan fingerprint density at radius 2 is 2.33 bits per heavy atom. The van der Waals surface area contributed by atoms with Crippen LogP contribution < -0.4 is 4.74 Å². The monoisotopic (exact) mass is 249 g/mol. The molecule has 98 valence electrons. The Balaban J connectivity index is 2.09. The molecule has 1 aliphatic rings. The molecule has 0 spiro atoms. The van der Waals surface area contributed by atoms with Gasteiger partial charge in [-0.1, -0.05) is 6.07 Å². The zero-order chi connectivity index (χ0) is 13.1. The molecule has 0 bridgehead atoms. The standard InChI is InChI=1S/C14H19NO3/c1-10-3-4-12(14(7-10)18-2)13(17)9-15-6-5-11(16)8-15/h3-4,7,11,16H,5-6,8-9H2,1-2H3. The molecule has 1 aromatic carbocycles. The number of β-amino-alcohol motifs (C(OH)–C–C–N with tert-alkyl or cyclic N) is 1. The van der Waals surface area contributed by atoms with Crippen molar-refractivity contribution in [2.24, 2.45) is 0 Å². The average molecular weight is 249 g/mol. The summed E-state index contributed by atoms with van der Waals surface area (Å²) in [5.41, 5.74) is 1.68. The van der Waals surface area contributed by atoms with Gasteiger partial charge in [0.2, 0.25) is 0 Å². The Morgan fingerprint density at radius 3 is 2.94 bits per heavy atom. The van der Waals surface area contributed by atoms with Crippen LogP contribution in [0.1, 0.15) is 22.3 Å². The number of ether oxygens (including phenoxy) is 1. The van der Waals surface area contributed by atoms with E-state index in [2.05, 4.69) is 0 Å². The van der Waals surface area contributed by atoms with E-state index in [4.69, 9.17) is 4.74 Å². The third-order valence-electron chi connectivity index (χ3n) is 3.27. The number of nitrogens with zero attached hydrogens (tertiary/aromatic N) is 1. The van der Waals surface area contributed by atoms with Crippen LogP contribution in [0.15, 0.2) is 18.2 Å². The number of carbonyl (C=O) groups is 1. The summed E-state index contributed by atoms with van der Waals surface area (Å²) in [4.78, 5) is 14.2. The number of Topliss-reactive ketones (excluding diaryl/α,β-unsaturated/α-hetero) is 1. The summed E-state index contributed by atoms with van der Waals surface area (Å²) in [7, 11) is 1.57. The molecule has 1 atom stereocenters. The molecule has 1 unspecified atom stereocenters. The van der Waals surface area contributed by atoms with Gasteiger partial charge in [0.1, 0.15) is 5.75 Å². The van der Waals surface area contributed by atoms with E-state index in [1.54, 1.807) is 7.11 Å². The minimum atomic E-state index is -0.294. The van der Waals surface area contributed by atoms with Crippen molar-refractivity contribution in [1.29, 1.82) is 0 Å². The molecule has 0 aromatic heterocycles. The Hall–Kier alpha value is -1.39. The van der Waals surface area contributed by atoms with Gasteiger partial charge in [0, 0.05) is 13.1 Å². The molecule has 1 N–H and O–H groups in total. The number of benzene rings is 1. The zero-order valence-corrected chi connectivity index (χ0v) is 10.8. The van der Waals surface area contributed by atoms with Crippen LogP contribution in [0.5, 0.6) is 5.75 Å². The normalized spacial score (nSPS) is 20.1. The van der Waals surface area contributed by atoms with E-state index in [0.29, 0.717) is 24.4 Å². The summed E-state index contributed by atoms with van der Waals surface area (Å²) in [5, 5.41) is 9.44. The topological polar surface area (TPSA) is 49.8 Å². The largest absolute Gasteiger partial charge is 0.496 e. The second kappa shape index (κ2) is 5.50. The van der Waals surface area contributed by atoms with Gasteiger partial charge in [-0.25, -0.2) is 0 Å². The molecule has 1 aromatic rings. The predicted octanol–water partition coefficient (Wildman–Crippen LogP) is 1.25. The lowest BCUT2D eigenvalue weighted by molar-refractivity contribution is 0.0932. The lowest BCUT2D eigenvalue weighted by Gasteiger charge is -2.15. The number of aliphatic hydroxyl groups excluding tert-OH is 1. The molecule has 1 fully saturated rings. The van der Waals surface area contributed by atoms with Crippen LogP contribution in [0.2, 0.25) is 0 Å². The maximum absolute atomic E-state index is 12.2. The smallest absolute Gasteiger partial charge is 0.180 e. The van der Waals surface area contributed by atoms with Gasteiger partial charge in [0.05, 0.1) is 25.3 Å². The van der Waals surface area contributed by atoms with Gasteiger partial charge in [-0.15, -0.1) is 0 Å². The molecule has 0 amide bonds.